The SMILES string of the molecule is CCCc1ccc2c(=O)cc(N3CCOCC3)oc2c1OS(=O)(=O)C(F)(F)F. The van der Waals surface area contributed by atoms with Crippen LogP contribution in [0.1, 0.15) is 18.9 Å². The topological polar surface area (TPSA) is 86.1 Å². The van der Waals surface area contributed by atoms with E-state index in [1.807, 2.05) is 0 Å². The zero-order chi connectivity index (χ0) is 20.5. The smallest absolute Gasteiger partial charge is 0.436 e. The Kier molecular flexibility index (Phi) is 5.57. The summed E-state index contributed by atoms with van der Waals surface area (Å²) in [6, 6.07) is 3.98. The predicted molar refractivity (Wildman–Crippen MR) is 95.1 cm³/mol. The molecule has 154 valence electrons. The Morgan fingerprint density at radius 3 is 2.50 bits per heavy atom. The van der Waals surface area contributed by atoms with Gasteiger partial charge in [-0.05, 0) is 18.1 Å². The van der Waals surface area contributed by atoms with E-state index in [0.29, 0.717) is 32.7 Å². The van der Waals surface area contributed by atoms with Crippen molar-refractivity contribution in [2.45, 2.75) is 25.3 Å². The van der Waals surface area contributed by atoms with Gasteiger partial charge in [-0.1, -0.05) is 19.4 Å². The molecule has 0 N–H and O–H groups in total. The second kappa shape index (κ2) is 7.63. The minimum absolute atomic E-state index is 0.0655. The van der Waals surface area contributed by atoms with Crippen LogP contribution in [0.5, 0.6) is 5.75 Å². The normalized spacial score (nSPS) is 15.8. The van der Waals surface area contributed by atoms with Gasteiger partial charge in [-0.15, -0.1) is 0 Å². The van der Waals surface area contributed by atoms with Gasteiger partial charge < -0.3 is 18.2 Å². The fourth-order valence-electron chi connectivity index (χ4n) is 2.88. The van der Waals surface area contributed by atoms with Gasteiger partial charge in [0.25, 0.3) is 0 Å². The molecule has 1 aromatic heterocycles. The maximum Gasteiger partial charge on any atom is 0.534 e. The lowest BCUT2D eigenvalue weighted by Crippen LogP contribution is -2.36. The maximum atomic E-state index is 12.9. The number of benzene rings is 1. The Labute approximate surface area is 158 Å². The number of alkyl halides is 3. The number of nitrogens with zero attached hydrogens (tertiary/aromatic N) is 1. The zero-order valence-electron chi connectivity index (χ0n) is 14.9. The highest BCUT2D eigenvalue weighted by Gasteiger charge is 2.49. The van der Waals surface area contributed by atoms with Crippen molar-refractivity contribution in [3.63, 3.8) is 0 Å². The third kappa shape index (κ3) is 3.95. The van der Waals surface area contributed by atoms with Crippen molar-refractivity contribution < 1.29 is 34.9 Å². The number of rotatable bonds is 5. The molecular weight excluding hydrogens is 403 g/mol. The average Bonchev–Trinajstić information content (AvgIpc) is 2.63. The van der Waals surface area contributed by atoms with Crippen molar-refractivity contribution >= 4 is 27.0 Å². The molecule has 1 aliphatic rings. The molecule has 0 spiro atoms. The molecule has 0 amide bonds. The molecule has 0 atom stereocenters. The van der Waals surface area contributed by atoms with Crippen LogP contribution in [-0.4, -0.2) is 40.2 Å². The van der Waals surface area contributed by atoms with Gasteiger partial charge in [-0.2, -0.15) is 21.6 Å². The van der Waals surface area contributed by atoms with E-state index in [1.54, 1.807) is 11.8 Å². The number of hydrogen-bond donors (Lipinski definition) is 0. The van der Waals surface area contributed by atoms with Crippen molar-refractivity contribution in [1.29, 1.82) is 0 Å². The molecule has 0 saturated carbocycles. The third-order valence-corrected chi connectivity index (χ3v) is 5.19. The third-order valence-electron chi connectivity index (χ3n) is 4.24. The Hall–Kier alpha value is -2.27. The fraction of sp³-hybridized carbons (Fsp3) is 0.471. The molecule has 1 saturated heterocycles. The van der Waals surface area contributed by atoms with E-state index in [2.05, 4.69) is 4.18 Å². The molecule has 0 unspecified atom stereocenters. The van der Waals surface area contributed by atoms with E-state index < -0.39 is 26.8 Å². The molecule has 1 aliphatic heterocycles. The van der Waals surface area contributed by atoms with E-state index in [9.17, 15) is 26.4 Å². The molecule has 1 fully saturated rings. The number of aryl methyl sites for hydroxylation is 1. The number of hydrogen-bond acceptors (Lipinski definition) is 7. The van der Waals surface area contributed by atoms with Crippen molar-refractivity contribution in [2.75, 3.05) is 31.2 Å². The second-order valence-electron chi connectivity index (χ2n) is 6.21. The van der Waals surface area contributed by atoms with Gasteiger partial charge in [0.1, 0.15) is 0 Å². The Morgan fingerprint density at radius 2 is 1.89 bits per heavy atom. The first-order chi connectivity index (χ1) is 13.1. The molecule has 2 aromatic rings. The number of fused-ring (bicyclic) bond motifs is 1. The van der Waals surface area contributed by atoms with Crippen LogP contribution in [0.3, 0.4) is 0 Å². The summed E-state index contributed by atoms with van der Waals surface area (Å²) in [5.41, 5.74) is -6.25. The molecule has 2 heterocycles. The van der Waals surface area contributed by atoms with Gasteiger partial charge in [0.2, 0.25) is 0 Å². The van der Waals surface area contributed by atoms with E-state index >= 15 is 0 Å². The zero-order valence-corrected chi connectivity index (χ0v) is 15.7. The van der Waals surface area contributed by atoms with Crippen molar-refractivity contribution in [3.8, 4) is 5.75 Å². The van der Waals surface area contributed by atoms with Gasteiger partial charge in [-0.25, -0.2) is 0 Å². The highest BCUT2D eigenvalue weighted by Crippen LogP contribution is 2.36. The first-order valence-electron chi connectivity index (χ1n) is 8.57. The summed E-state index contributed by atoms with van der Waals surface area (Å²) in [6.45, 7) is 3.39. The highest BCUT2D eigenvalue weighted by atomic mass is 32.2. The van der Waals surface area contributed by atoms with Crippen LogP contribution in [0.15, 0.2) is 27.4 Å². The lowest BCUT2D eigenvalue weighted by Gasteiger charge is -2.27. The fourth-order valence-corrected chi connectivity index (χ4v) is 3.37. The Balaban J connectivity index is 2.21. The van der Waals surface area contributed by atoms with E-state index in [1.165, 1.54) is 18.2 Å². The van der Waals surface area contributed by atoms with Crippen LogP contribution in [0.25, 0.3) is 11.0 Å². The first-order valence-corrected chi connectivity index (χ1v) is 9.98. The molecule has 0 aliphatic carbocycles. The number of anilines is 1. The van der Waals surface area contributed by atoms with Crippen LogP contribution in [-0.2, 0) is 21.3 Å². The maximum absolute atomic E-state index is 12.9. The van der Waals surface area contributed by atoms with Crippen LogP contribution < -0.4 is 14.5 Å². The lowest BCUT2D eigenvalue weighted by atomic mass is 10.1. The number of morpholine rings is 1. The van der Waals surface area contributed by atoms with Gasteiger partial charge in [0, 0.05) is 19.2 Å². The minimum atomic E-state index is -5.93. The molecular formula is C17H18F3NO6S. The summed E-state index contributed by atoms with van der Waals surface area (Å²) in [6.07, 6.45) is 0.755. The molecule has 28 heavy (non-hydrogen) atoms. The number of ether oxygens (including phenoxy) is 1. The van der Waals surface area contributed by atoms with E-state index in [4.69, 9.17) is 9.15 Å². The summed E-state index contributed by atoms with van der Waals surface area (Å²) in [5.74, 6) is -0.493. The standard InChI is InChI=1S/C17H18F3NO6S/c1-2-3-11-4-5-12-13(22)10-14(21-6-8-25-9-7-21)26-16(12)15(11)27-28(23,24)17(18,19)20/h4-5,10H,2-3,6-9H2,1H3. The summed E-state index contributed by atoms with van der Waals surface area (Å²) in [7, 11) is -5.93. The molecule has 11 heteroatoms. The van der Waals surface area contributed by atoms with Gasteiger partial charge in [0.05, 0.1) is 18.6 Å². The summed E-state index contributed by atoms with van der Waals surface area (Å²) >= 11 is 0. The lowest BCUT2D eigenvalue weighted by molar-refractivity contribution is -0.0500. The van der Waals surface area contributed by atoms with Gasteiger partial charge in [0.15, 0.2) is 22.6 Å². The van der Waals surface area contributed by atoms with Crippen molar-refractivity contribution in [1.82, 2.24) is 0 Å². The minimum Gasteiger partial charge on any atom is -0.436 e. The van der Waals surface area contributed by atoms with Gasteiger partial charge in [-0.3, -0.25) is 4.79 Å². The van der Waals surface area contributed by atoms with Crippen LogP contribution >= 0.6 is 0 Å². The highest BCUT2D eigenvalue weighted by molar-refractivity contribution is 7.88. The molecule has 3 rings (SSSR count). The van der Waals surface area contributed by atoms with Crippen molar-refractivity contribution in [3.05, 3.63) is 34.0 Å². The second-order valence-corrected chi connectivity index (χ2v) is 7.75. The molecule has 0 bridgehead atoms. The largest absolute Gasteiger partial charge is 0.534 e. The van der Waals surface area contributed by atoms with Gasteiger partial charge >= 0.3 is 15.6 Å². The Morgan fingerprint density at radius 1 is 1.21 bits per heavy atom. The molecule has 7 nitrogen and oxygen atoms in total. The summed E-state index contributed by atoms with van der Waals surface area (Å²) in [4.78, 5) is 14.2. The Bertz CT molecular complexity index is 1030. The van der Waals surface area contributed by atoms with E-state index in [0.717, 1.165) is 0 Å². The van der Waals surface area contributed by atoms with E-state index in [-0.39, 0.29) is 28.8 Å². The molecule has 0 radical (unpaired) electrons. The first kappa shape index (κ1) is 20.5. The molecule has 1 aromatic carbocycles. The quantitative estimate of drug-likeness (QED) is 0.542. The van der Waals surface area contributed by atoms with Crippen LogP contribution in [0.4, 0.5) is 19.1 Å². The average molecular weight is 421 g/mol. The monoisotopic (exact) mass is 421 g/mol. The number of halogens is 3. The summed E-state index contributed by atoms with van der Waals surface area (Å²) < 4.78 is 77.1. The van der Waals surface area contributed by atoms with Crippen molar-refractivity contribution in [2.24, 2.45) is 0 Å². The predicted octanol–water partition coefficient (Wildman–Crippen LogP) is 2.81. The van der Waals surface area contributed by atoms with Crippen LogP contribution in [0.2, 0.25) is 0 Å². The summed E-state index contributed by atoms with van der Waals surface area (Å²) in [5, 5.41) is -0.0655. The van der Waals surface area contributed by atoms with Crippen LogP contribution in [0, 0.1) is 0 Å².